The molecule has 1 spiro atoms. The molecule has 0 radical (unpaired) electrons. The molecule has 14 rings (SSSR count). The minimum absolute atomic E-state index is 0.0841. The van der Waals surface area contributed by atoms with E-state index in [0.717, 1.165) is 12.8 Å². The van der Waals surface area contributed by atoms with Crippen LogP contribution in [0.25, 0.3) is 66.8 Å². The first-order valence-corrected chi connectivity index (χ1v) is 31.0. The first kappa shape index (κ1) is 55.1. The number of benzene rings is 12. The second-order valence-electron chi connectivity index (χ2n) is 26.0. The molecule has 424 valence electrons. The van der Waals surface area contributed by atoms with Crippen LogP contribution in [0.15, 0.2) is 279 Å². The van der Waals surface area contributed by atoms with Gasteiger partial charge in [-0.15, -0.1) is 0 Å². The summed E-state index contributed by atoms with van der Waals surface area (Å²) in [5, 5.41) is 0. The Morgan fingerprint density at radius 3 is 0.770 bits per heavy atom. The van der Waals surface area contributed by atoms with Crippen molar-refractivity contribution in [1.82, 2.24) is 0 Å². The second kappa shape index (κ2) is 21.9. The van der Waals surface area contributed by atoms with Crippen molar-refractivity contribution in [3.05, 3.63) is 324 Å². The fourth-order valence-corrected chi connectivity index (χ4v) is 15.0. The van der Waals surface area contributed by atoms with Gasteiger partial charge in [0.2, 0.25) is 0 Å². The predicted octanol–water partition coefficient (Wildman–Crippen LogP) is 23.5. The molecule has 0 atom stereocenters. The summed E-state index contributed by atoms with van der Waals surface area (Å²) >= 11 is 0. The zero-order chi connectivity index (χ0) is 59.6. The molecular formula is C85H74N2. The molecule has 0 saturated carbocycles. The average Bonchev–Trinajstić information content (AvgIpc) is 1.54. The molecule has 0 saturated heterocycles. The molecular weight excluding hydrogens is 1050 g/mol. The van der Waals surface area contributed by atoms with E-state index in [1.807, 2.05) is 0 Å². The van der Waals surface area contributed by atoms with Crippen molar-refractivity contribution < 1.29 is 0 Å². The molecule has 2 aliphatic rings. The van der Waals surface area contributed by atoms with Gasteiger partial charge in [0.25, 0.3) is 0 Å². The van der Waals surface area contributed by atoms with Crippen LogP contribution in [-0.2, 0) is 16.2 Å². The van der Waals surface area contributed by atoms with E-state index in [-0.39, 0.29) is 16.2 Å². The fourth-order valence-electron chi connectivity index (χ4n) is 15.0. The summed E-state index contributed by atoms with van der Waals surface area (Å²) < 4.78 is 0. The van der Waals surface area contributed by atoms with Crippen molar-refractivity contribution in [2.75, 3.05) is 9.80 Å². The van der Waals surface area contributed by atoms with Crippen LogP contribution in [0.4, 0.5) is 34.1 Å². The molecule has 0 aliphatic heterocycles. The number of anilines is 6. The van der Waals surface area contributed by atoms with Gasteiger partial charge in [-0.25, -0.2) is 0 Å². The Kier molecular flexibility index (Phi) is 13.9. The highest BCUT2D eigenvalue weighted by atomic mass is 15.2. The molecule has 87 heavy (non-hydrogen) atoms. The smallest absolute Gasteiger partial charge is 0.0491 e. The van der Waals surface area contributed by atoms with E-state index in [1.54, 1.807) is 0 Å². The minimum Gasteiger partial charge on any atom is -0.310 e. The lowest BCUT2D eigenvalue weighted by molar-refractivity contribution is 0.349. The van der Waals surface area contributed by atoms with E-state index >= 15 is 0 Å². The number of hydrogen-bond donors (Lipinski definition) is 0. The quantitative estimate of drug-likeness (QED) is 0.120. The molecule has 0 aromatic heterocycles. The topological polar surface area (TPSA) is 6.48 Å². The van der Waals surface area contributed by atoms with Gasteiger partial charge in [0.15, 0.2) is 0 Å². The fraction of sp³-hybridized carbons (Fsp3) is 0.153. The SMILES string of the molecule is Cc1cc(-c2ccccc2)ccc1N(c1ccc2c(c1)C1(CC2(C)C)CC(C)(C)c2ccc(N(c3ccc(-c4ccccc4)cc3C)c3ccc(-c4cccc(-c5ccccc5)c4)cc3C)cc21)c1ccc(-c2cccc(-c3ccccc3)c2)cc1C. The maximum Gasteiger partial charge on any atom is 0.0491 e. The summed E-state index contributed by atoms with van der Waals surface area (Å²) in [6.07, 6.45) is 2.03. The van der Waals surface area contributed by atoms with E-state index < -0.39 is 0 Å². The maximum atomic E-state index is 2.60. The minimum atomic E-state index is -0.259. The number of nitrogens with zero attached hydrogens (tertiary/aromatic N) is 2. The van der Waals surface area contributed by atoms with Gasteiger partial charge in [-0.2, -0.15) is 0 Å². The van der Waals surface area contributed by atoms with E-state index in [9.17, 15) is 0 Å². The third kappa shape index (κ3) is 10.1. The average molecular weight is 1120 g/mol. The third-order valence-electron chi connectivity index (χ3n) is 19.1. The van der Waals surface area contributed by atoms with Crippen LogP contribution in [0, 0.1) is 27.7 Å². The zero-order valence-corrected chi connectivity index (χ0v) is 51.4. The first-order chi connectivity index (χ1) is 42.2. The first-order valence-electron chi connectivity index (χ1n) is 31.0. The standard InChI is InChI=1S/C85H74N2/c1-57-47-69(63-27-17-11-18-28-63)35-43-79(57)86(81-45-37-71(49-59(81)3)67-33-21-31-65(51-67)61-23-13-9-14-24-61)73-39-41-75-77(53-73)85(55-83(75,5)6)56-84(7,8)76-42-40-74(54-78(76)85)87(80-44-36-70(48-58(80)2)64-29-19-12-20-30-64)82-46-38-72(50-60(82)4)68-34-22-32-66(52-68)62-25-15-10-16-26-62/h9-54H,55-56H2,1-8H3. The summed E-state index contributed by atoms with van der Waals surface area (Å²) in [5.41, 5.74) is 31.8. The van der Waals surface area contributed by atoms with Crippen LogP contribution in [0.1, 0.15) is 85.0 Å². The van der Waals surface area contributed by atoms with Gasteiger partial charge < -0.3 is 9.80 Å². The van der Waals surface area contributed by atoms with Crippen molar-refractivity contribution in [1.29, 1.82) is 0 Å². The number of fused-ring (bicyclic) bond motifs is 4. The number of aryl methyl sites for hydroxylation is 4. The van der Waals surface area contributed by atoms with Gasteiger partial charge in [0, 0.05) is 39.5 Å². The molecule has 0 heterocycles. The largest absolute Gasteiger partial charge is 0.310 e. The van der Waals surface area contributed by atoms with Gasteiger partial charge in [-0.3, -0.25) is 0 Å². The molecule has 0 unspecified atom stereocenters. The summed E-state index contributed by atoms with van der Waals surface area (Å²) in [6, 6.07) is 104. The van der Waals surface area contributed by atoms with Crippen molar-refractivity contribution in [3.63, 3.8) is 0 Å². The lowest BCUT2D eigenvalue weighted by Crippen LogP contribution is -2.27. The predicted molar refractivity (Wildman–Crippen MR) is 370 cm³/mol. The monoisotopic (exact) mass is 1120 g/mol. The zero-order valence-electron chi connectivity index (χ0n) is 51.4. The molecule has 2 heteroatoms. The molecule has 0 N–H and O–H groups in total. The highest BCUT2D eigenvalue weighted by molar-refractivity contribution is 5.88. The summed E-state index contributed by atoms with van der Waals surface area (Å²) in [7, 11) is 0. The van der Waals surface area contributed by atoms with Crippen molar-refractivity contribution in [2.24, 2.45) is 0 Å². The van der Waals surface area contributed by atoms with Gasteiger partial charge in [0.1, 0.15) is 0 Å². The molecule has 0 fully saturated rings. The van der Waals surface area contributed by atoms with Crippen molar-refractivity contribution in [2.45, 2.75) is 84.5 Å². The van der Waals surface area contributed by atoms with Crippen LogP contribution in [0.2, 0.25) is 0 Å². The van der Waals surface area contributed by atoms with Crippen LogP contribution in [-0.4, -0.2) is 0 Å². The highest BCUT2D eigenvalue weighted by Gasteiger charge is 2.56. The Labute approximate surface area is 515 Å². The van der Waals surface area contributed by atoms with Gasteiger partial charge in [-0.05, 0) is 248 Å². The lowest BCUT2D eigenvalue weighted by atomic mass is 9.72. The van der Waals surface area contributed by atoms with Gasteiger partial charge in [-0.1, -0.05) is 222 Å². The Balaban J connectivity index is 0.913. The van der Waals surface area contributed by atoms with Gasteiger partial charge in [0.05, 0.1) is 0 Å². The van der Waals surface area contributed by atoms with E-state index in [0.29, 0.717) is 0 Å². The number of rotatable bonds is 12. The van der Waals surface area contributed by atoms with E-state index in [1.165, 1.54) is 145 Å². The van der Waals surface area contributed by atoms with Crippen LogP contribution in [0.3, 0.4) is 0 Å². The summed E-state index contributed by atoms with van der Waals surface area (Å²) in [6.45, 7) is 19.1. The Morgan fingerprint density at radius 1 is 0.230 bits per heavy atom. The molecule has 12 aromatic carbocycles. The lowest BCUT2D eigenvalue weighted by Gasteiger charge is -2.33. The third-order valence-corrected chi connectivity index (χ3v) is 19.1. The Hall–Kier alpha value is -9.76. The Bertz CT molecular complexity index is 4260. The molecule has 12 aromatic rings. The van der Waals surface area contributed by atoms with Crippen LogP contribution in [0.5, 0.6) is 0 Å². The van der Waals surface area contributed by atoms with Crippen LogP contribution < -0.4 is 9.80 Å². The second-order valence-corrected chi connectivity index (χ2v) is 26.0. The van der Waals surface area contributed by atoms with E-state index in [2.05, 4.69) is 344 Å². The Morgan fingerprint density at radius 2 is 0.483 bits per heavy atom. The van der Waals surface area contributed by atoms with Crippen molar-refractivity contribution >= 4 is 34.1 Å². The highest BCUT2D eigenvalue weighted by Crippen LogP contribution is 2.64. The summed E-state index contributed by atoms with van der Waals surface area (Å²) in [4.78, 5) is 5.10. The van der Waals surface area contributed by atoms with Gasteiger partial charge >= 0.3 is 0 Å². The van der Waals surface area contributed by atoms with Crippen molar-refractivity contribution in [3.8, 4) is 66.8 Å². The maximum absolute atomic E-state index is 2.60. The molecule has 2 nitrogen and oxygen atoms in total. The summed E-state index contributed by atoms with van der Waals surface area (Å²) in [5.74, 6) is 0. The van der Waals surface area contributed by atoms with E-state index in [4.69, 9.17) is 0 Å². The van der Waals surface area contributed by atoms with Crippen LogP contribution >= 0.6 is 0 Å². The normalized spacial score (nSPS) is 14.2. The number of hydrogen-bond acceptors (Lipinski definition) is 2. The molecule has 0 bridgehead atoms. The molecule has 0 amide bonds. The molecule has 2 aliphatic carbocycles.